The summed E-state index contributed by atoms with van der Waals surface area (Å²) in [6, 6.07) is 0. The third-order valence-electron chi connectivity index (χ3n) is 13.1. The average Bonchev–Trinajstić information content (AvgIpc) is 3.12. The molecule has 6 aliphatic carbocycles. The molecule has 0 amide bonds. The number of aromatic hydroxyl groups is 1. The van der Waals surface area contributed by atoms with Gasteiger partial charge >= 0.3 is 0 Å². The van der Waals surface area contributed by atoms with Gasteiger partial charge in [-0.25, -0.2) is 0 Å². The molecule has 4 saturated carbocycles. The van der Waals surface area contributed by atoms with E-state index in [1.54, 1.807) is 19.1 Å². The number of Topliss-reactive ketones (excluding diaryl/α,β-unsaturated/α-hetero) is 2. The number of rotatable bonds is 6. The molecule has 8 bridgehead atoms. The molecule has 5 fully saturated rings. The molecule has 8 heteroatoms. The van der Waals surface area contributed by atoms with Gasteiger partial charge in [-0.1, -0.05) is 31.6 Å². The van der Waals surface area contributed by atoms with Gasteiger partial charge in [0, 0.05) is 46.8 Å². The second-order valence-corrected chi connectivity index (χ2v) is 16.4. The fourth-order valence-corrected chi connectivity index (χ4v) is 11.3. The van der Waals surface area contributed by atoms with Crippen LogP contribution in [-0.4, -0.2) is 45.5 Å². The number of carbonyl (C=O) groups is 3. The van der Waals surface area contributed by atoms with E-state index < -0.39 is 28.3 Å². The molecule has 3 aliphatic heterocycles. The van der Waals surface area contributed by atoms with Gasteiger partial charge in [0.25, 0.3) is 6.47 Å². The fraction of sp³-hybridized carbons (Fsp3) is 0.605. The van der Waals surface area contributed by atoms with E-state index in [1.165, 1.54) is 0 Å². The predicted octanol–water partition coefficient (Wildman–Crippen LogP) is 6.68. The zero-order valence-corrected chi connectivity index (χ0v) is 28.0. The molecule has 1 aromatic rings. The van der Waals surface area contributed by atoms with Gasteiger partial charge in [0.05, 0.1) is 5.60 Å². The number of carbonyl (C=O) groups excluding carboxylic acids is 3. The van der Waals surface area contributed by atoms with Crippen molar-refractivity contribution in [3.63, 3.8) is 0 Å². The quantitative estimate of drug-likeness (QED) is 0.211. The first-order valence-corrected chi connectivity index (χ1v) is 16.8. The number of hydrogen-bond donors (Lipinski definition) is 1. The Morgan fingerprint density at radius 1 is 1.07 bits per heavy atom. The smallest absolute Gasteiger partial charge is 0.298 e. The third kappa shape index (κ3) is 3.27. The zero-order valence-electron chi connectivity index (χ0n) is 28.0. The van der Waals surface area contributed by atoms with Crippen LogP contribution in [-0.2, 0) is 25.5 Å². The minimum Gasteiger partial charge on any atom is -0.507 e. The predicted molar refractivity (Wildman–Crippen MR) is 169 cm³/mol. The molecule has 8 nitrogen and oxygen atoms in total. The Kier molecular flexibility index (Phi) is 5.83. The lowest BCUT2D eigenvalue weighted by Gasteiger charge is -2.70. The molecule has 244 valence electrons. The molecule has 1 aromatic carbocycles. The monoisotopic (exact) mass is 628 g/mol. The largest absolute Gasteiger partial charge is 0.507 e. The van der Waals surface area contributed by atoms with E-state index in [4.69, 9.17) is 18.9 Å². The molecule has 8 atom stereocenters. The minimum atomic E-state index is -1.52. The molecular formula is C38H44O8. The lowest BCUT2D eigenvalue weighted by atomic mass is 9.37. The van der Waals surface area contributed by atoms with Crippen molar-refractivity contribution >= 4 is 18.0 Å². The summed E-state index contributed by atoms with van der Waals surface area (Å²) in [7, 11) is 0. The highest BCUT2D eigenvalue weighted by atomic mass is 16.6. The van der Waals surface area contributed by atoms with E-state index in [0.29, 0.717) is 48.1 Å². The van der Waals surface area contributed by atoms with Gasteiger partial charge in [-0.05, 0) is 84.6 Å². The maximum absolute atomic E-state index is 15.0. The Hall–Kier alpha value is -3.39. The highest BCUT2D eigenvalue weighted by molar-refractivity contribution is 6.18. The molecule has 1 spiro atoms. The topological polar surface area (TPSA) is 108 Å². The Balaban J connectivity index is 1.39. The molecule has 10 rings (SSSR count). The van der Waals surface area contributed by atoms with Crippen LogP contribution in [0.2, 0.25) is 0 Å². The molecule has 1 N–H and O–H groups in total. The second-order valence-electron chi connectivity index (χ2n) is 16.4. The van der Waals surface area contributed by atoms with Crippen LogP contribution in [0.3, 0.4) is 0 Å². The van der Waals surface area contributed by atoms with Crippen LogP contribution < -0.4 is 9.47 Å². The highest BCUT2D eigenvalue weighted by Gasteiger charge is 2.81. The van der Waals surface area contributed by atoms with E-state index >= 15 is 0 Å². The summed E-state index contributed by atoms with van der Waals surface area (Å²) in [6.07, 6.45) is 8.48. The molecule has 4 unspecified atom stereocenters. The van der Waals surface area contributed by atoms with Crippen molar-refractivity contribution in [3.05, 3.63) is 51.8 Å². The van der Waals surface area contributed by atoms with E-state index in [1.807, 2.05) is 27.7 Å². The lowest BCUT2D eigenvalue weighted by Crippen LogP contribution is -2.72. The van der Waals surface area contributed by atoms with Gasteiger partial charge in [-0.2, -0.15) is 0 Å². The fourth-order valence-electron chi connectivity index (χ4n) is 11.3. The zero-order chi connectivity index (χ0) is 32.9. The molecule has 46 heavy (non-hydrogen) atoms. The molecule has 9 aliphatic rings. The summed E-state index contributed by atoms with van der Waals surface area (Å²) in [5.74, 6) is 0.590. The van der Waals surface area contributed by atoms with Crippen molar-refractivity contribution < 1.29 is 38.4 Å². The SMILES string of the molecule is CC(C)=CCc1c2c(c(O)c3c1O[C@]1(C)CCC4C3C1C4(C)C)C(=O)C1=C[C@@H]3CC4C(C)(C)O[C@](C/C=C(/C)OC=O)(C3=O)[C@@]14O2. The lowest BCUT2D eigenvalue weighted by molar-refractivity contribution is -0.214. The maximum atomic E-state index is 15.0. The Morgan fingerprint density at radius 3 is 2.48 bits per heavy atom. The first-order chi connectivity index (χ1) is 21.6. The van der Waals surface area contributed by atoms with E-state index in [0.717, 1.165) is 29.5 Å². The average molecular weight is 629 g/mol. The number of fused-ring (bicyclic) bond motifs is 3. The Labute approximate surface area is 270 Å². The van der Waals surface area contributed by atoms with Crippen LogP contribution in [0, 0.1) is 29.1 Å². The van der Waals surface area contributed by atoms with Gasteiger partial charge in [-0.3, -0.25) is 14.4 Å². The van der Waals surface area contributed by atoms with Crippen molar-refractivity contribution in [1.82, 2.24) is 0 Å². The van der Waals surface area contributed by atoms with E-state index in [-0.39, 0.29) is 52.5 Å². The van der Waals surface area contributed by atoms with Gasteiger partial charge in [-0.15, -0.1) is 0 Å². The van der Waals surface area contributed by atoms with Crippen LogP contribution in [0.25, 0.3) is 0 Å². The van der Waals surface area contributed by atoms with Crippen molar-refractivity contribution in [2.24, 2.45) is 29.1 Å². The summed E-state index contributed by atoms with van der Waals surface area (Å²) in [4.78, 5) is 40.5. The summed E-state index contributed by atoms with van der Waals surface area (Å²) in [6.45, 7) is 16.8. The minimum absolute atomic E-state index is 0.0457. The summed E-state index contributed by atoms with van der Waals surface area (Å²) in [5, 5.41) is 12.2. The van der Waals surface area contributed by atoms with Crippen molar-refractivity contribution in [3.8, 4) is 17.2 Å². The van der Waals surface area contributed by atoms with E-state index in [2.05, 4.69) is 26.8 Å². The van der Waals surface area contributed by atoms with Crippen LogP contribution in [0.5, 0.6) is 17.2 Å². The van der Waals surface area contributed by atoms with Crippen LogP contribution in [0.15, 0.2) is 35.1 Å². The van der Waals surface area contributed by atoms with Crippen LogP contribution in [0.1, 0.15) is 108 Å². The highest BCUT2D eigenvalue weighted by Crippen LogP contribution is 2.76. The standard InChI is InChI=1S/C38H44O8/c1-18(2)9-10-21-30-26(25-22-12-13-36(8,44-30)32(25)34(22,4)5)29(41)27-28(40)23-15-20-16-24-35(6,7)46-37(33(20)42,14-11-19(3)43-17-39)38(23,24)45-31(21)27/h9,11,15,17,20,22,24-25,32,41H,10,12-14,16H2,1-8H3/b19-11-/t20-,22?,24?,25?,32?,36-,37-,38-/m1/s1. The summed E-state index contributed by atoms with van der Waals surface area (Å²) in [5.41, 5.74) is -0.973. The Morgan fingerprint density at radius 2 is 1.80 bits per heavy atom. The molecule has 3 heterocycles. The molecule has 0 aromatic heterocycles. The van der Waals surface area contributed by atoms with Crippen LogP contribution in [0.4, 0.5) is 0 Å². The van der Waals surface area contributed by atoms with Gasteiger partial charge in [0.1, 0.15) is 34.2 Å². The molecular weight excluding hydrogens is 584 g/mol. The van der Waals surface area contributed by atoms with Gasteiger partial charge in [0.15, 0.2) is 22.8 Å². The normalized spacial score (nSPS) is 39.5. The van der Waals surface area contributed by atoms with Crippen molar-refractivity contribution in [2.75, 3.05) is 0 Å². The number of ketones is 2. The summed E-state index contributed by atoms with van der Waals surface area (Å²) < 4.78 is 26.2. The number of phenols is 1. The van der Waals surface area contributed by atoms with Gasteiger partial charge < -0.3 is 24.1 Å². The van der Waals surface area contributed by atoms with Crippen molar-refractivity contribution in [2.45, 2.75) is 116 Å². The van der Waals surface area contributed by atoms with Crippen LogP contribution >= 0.6 is 0 Å². The summed E-state index contributed by atoms with van der Waals surface area (Å²) >= 11 is 0. The molecule has 0 radical (unpaired) electrons. The number of hydrogen-bond acceptors (Lipinski definition) is 8. The van der Waals surface area contributed by atoms with Gasteiger partial charge in [0.2, 0.25) is 0 Å². The maximum Gasteiger partial charge on any atom is 0.298 e. The first-order valence-electron chi connectivity index (χ1n) is 16.8. The number of benzene rings is 1. The number of ether oxygens (including phenoxy) is 4. The number of phenolic OH excluding ortho intramolecular Hbond substituents is 1. The third-order valence-corrected chi connectivity index (χ3v) is 13.1. The first kappa shape index (κ1) is 30.0. The molecule has 1 saturated heterocycles. The second kappa shape index (κ2) is 8.94. The van der Waals surface area contributed by atoms with E-state index in [9.17, 15) is 19.5 Å². The Bertz CT molecular complexity index is 1740. The van der Waals surface area contributed by atoms with Crippen molar-refractivity contribution in [1.29, 1.82) is 0 Å². The number of allylic oxidation sites excluding steroid dienone is 4.